The summed E-state index contributed by atoms with van der Waals surface area (Å²) in [5.74, 6) is 0. The molecule has 0 aliphatic carbocycles. The second-order valence-corrected chi connectivity index (χ2v) is 3.23. The largest absolute Gasteiger partial charge is 0.511 e. The third-order valence-corrected chi connectivity index (χ3v) is 1.24. The predicted octanol–water partition coefficient (Wildman–Crippen LogP) is 0.00690. The van der Waals surface area contributed by atoms with Crippen molar-refractivity contribution >= 4 is 12.3 Å². The minimum absolute atomic E-state index is 0. The Morgan fingerprint density at radius 1 is 0.842 bits per heavy atom. The first kappa shape index (κ1) is 24.7. The molecule has 0 heterocycles. The third kappa shape index (κ3) is 18.7. The molecule has 2 radical (unpaired) electrons. The molecule has 0 aromatic rings. The Balaban J connectivity index is -0.00000128. The summed E-state index contributed by atoms with van der Waals surface area (Å²) in [4.78, 5) is 21.5. The average Bonchev–Trinajstić information content (AvgIpc) is 2.23. The number of carbonyl (C=O) groups is 2. The number of hydrogen-bond donors (Lipinski definition) is 2. The molecule has 0 fully saturated rings. The first-order valence-corrected chi connectivity index (χ1v) is 4.87. The van der Waals surface area contributed by atoms with Crippen LogP contribution in [-0.2, 0) is 84.4 Å². The molecule has 106 valence electrons. The van der Waals surface area contributed by atoms with Gasteiger partial charge in [0.15, 0.2) is 0 Å². The van der Waals surface area contributed by atoms with E-state index in [-0.39, 0.29) is 78.6 Å². The summed E-state index contributed by atoms with van der Waals surface area (Å²) in [6.45, 7) is 1.75. The molecular weight excluding hydrogens is 414 g/mol. The maximum Gasteiger partial charge on any atom is 0.511 e. The molecule has 0 saturated heterocycles. The van der Waals surface area contributed by atoms with Gasteiger partial charge in [-0.15, -0.1) is 0 Å². The van der Waals surface area contributed by atoms with Gasteiger partial charge < -0.3 is 29.2 Å². The summed E-state index contributed by atoms with van der Waals surface area (Å²) in [6, 6.07) is 0. The molecule has 2 N–H and O–H groups in total. The van der Waals surface area contributed by atoms with Gasteiger partial charge >= 0.3 is 12.3 Å². The van der Waals surface area contributed by atoms with Crippen molar-refractivity contribution in [3.8, 4) is 0 Å². The molecule has 10 heteroatoms. The predicted molar refractivity (Wildman–Crippen MR) is 53.1 cm³/mol. The van der Waals surface area contributed by atoms with E-state index >= 15 is 0 Å². The van der Waals surface area contributed by atoms with Crippen molar-refractivity contribution in [1.29, 1.82) is 0 Å². The number of carbonyl (C=O) groups excluding carboxylic acids is 2. The van der Waals surface area contributed by atoms with E-state index in [0.717, 1.165) is 0 Å². The topological polar surface area (TPSA) is 112 Å². The van der Waals surface area contributed by atoms with Crippen LogP contribution in [0.5, 0.6) is 0 Å². The smallest absolute Gasteiger partial charge is 0.431 e. The van der Waals surface area contributed by atoms with Crippen LogP contribution in [0.4, 0.5) is 9.59 Å². The molecule has 0 amide bonds. The van der Waals surface area contributed by atoms with E-state index in [1.54, 1.807) is 0 Å². The van der Waals surface area contributed by atoms with Gasteiger partial charge in [0.2, 0.25) is 6.79 Å². The molecule has 2 unspecified atom stereocenters. The van der Waals surface area contributed by atoms with E-state index in [2.05, 4.69) is 18.9 Å². The van der Waals surface area contributed by atoms with Gasteiger partial charge in [0, 0.05) is 65.4 Å². The molecule has 19 heavy (non-hydrogen) atoms. The minimum Gasteiger partial charge on any atom is -0.431 e. The standard InChI is InChI=1S/C9H16O8.2Y/c1-6(10)3-14-8(12)16-5-17-9(13)15-4-7(2)11;;/h6-7,10-11H,3-5H2,1-2H3;;. The van der Waals surface area contributed by atoms with Crippen molar-refractivity contribution < 1.29 is 104 Å². The van der Waals surface area contributed by atoms with Gasteiger partial charge in [-0.05, 0) is 13.8 Å². The minimum atomic E-state index is -1.07. The van der Waals surface area contributed by atoms with Crippen LogP contribution in [-0.4, -0.2) is 54.7 Å². The Bertz CT molecular complexity index is 222. The van der Waals surface area contributed by atoms with Crippen LogP contribution < -0.4 is 0 Å². The van der Waals surface area contributed by atoms with E-state index in [1.165, 1.54) is 13.8 Å². The zero-order valence-corrected chi connectivity index (χ0v) is 16.5. The second-order valence-electron chi connectivity index (χ2n) is 3.23. The van der Waals surface area contributed by atoms with Crippen LogP contribution >= 0.6 is 0 Å². The van der Waals surface area contributed by atoms with Gasteiger partial charge in [-0.2, -0.15) is 0 Å². The fraction of sp³-hybridized carbons (Fsp3) is 0.778. The molecule has 8 nitrogen and oxygen atoms in total. The summed E-state index contributed by atoms with van der Waals surface area (Å²) >= 11 is 0. The molecule has 0 aliphatic heterocycles. The summed E-state index contributed by atoms with van der Waals surface area (Å²) < 4.78 is 17.4. The van der Waals surface area contributed by atoms with E-state index < -0.39 is 31.3 Å². The Morgan fingerprint density at radius 2 is 1.16 bits per heavy atom. The monoisotopic (exact) mass is 430 g/mol. The number of aliphatic hydroxyl groups excluding tert-OH is 2. The Kier molecular flexibility index (Phi) is 19.6. The molecule has 0 aromatic carbocycles. The molecule has 0 aromatic heterocycles. The Hall–Kier alpha value is 0.668. The molecule has 0 saturated carbocycles. The molecule has 0 spiro atoms. The summed E-state index contributed by atoms with van der Waals surface area (Å²) in [5, 5.41) is 17.6. The van der Waals surface area contributed by atoms with E-state index in [9.17, 15) is 9.59 Å². The molecular formula is C9H16O8Y2. The fourth-order valence-corrected chi connectivity index (χ4v) is 0.586. The van der Waals surface area contributed by atoms with E-state index in [1.807, 2.05) is 0 Å². The van der Waals surface area contributed by atoms with Crippen LogP contribution in [0.3, 0.4) is 0 Å². The van der Waals surface area contributed by atoms with Crippen LogP contribution in [0.1, 0.15) is 13.8 Å². The fourth-order valence-electron chi connectivity index (χ4n) is 0.586. The zero-order valence-electron chi connectivity index (χ0n) is 10.8. The Morgan fingerprint density at radius 3 is 1.42 bits per heavy atom. The van der Waals surface area contributed by atoms with Gasteiger partial charge in [0.05, 0.1) is 12.2 Å². The van der Waals surface area contributed by atoms with Gasteiger partial charge in [0.25, 0.3) is 0 Å². The van der Waals surface area contributed by atoms with Crippen molar-refractivity contribution in [1.82, 2.24) is 0 Å². The van der Waals surface area contributed by atoms with E-state index in [4.69, 9.17) is 10.2 Å². The van der Waals surface area contributed by atoms with Gasteiger partial charge in [0.1, 0.15) is 13.2 Å². The van der Waals surface area contributed by atoms with Crippen molar-refractivity contribution in [3.05, 3.63) is 0 Å². The van der Waals surface area contributed by atoms with Crippen molar-refractivity contribution in [2.75, 3.05) is 20.0 Å². The van der Waals surface area contributed by atoms with Crippen LogP contribution in [0.2, 0.25) is 0 Å². The number of rotatable bonds is 6. The number of hydrogen-bond acceptors (Lipinski definition) is 8. The zero-order chi connectivity index (χ0) is 13.3. The van der Waals surface area contributed by atoms with Gasteiger partial charge in [-0.25, -0.2) is 9.59 Å². The SMILES string of the molecule is CC(O)COC(=O)OCOC(=O)OCC(C)O.[Y].[Y]. The maximum atomic E-state index is 10.8. The molecule has 0 bridgehead atoms. The van der Waals surface area contributed by atoms with Crippen molar-refractivity contribution in [3.63, 3.8) is 0 Å². The van der Waals surface area contributed by atoms with Crippen LogP contribution in [0, 0.1) is 0 Å². The van der Waals surface area contributed by atoms with Gasteiger partial charge in [-0.3, -0.25) is 0 Å². The number of aliphatic hydroxyl groups is 2. The first-order chi connectivity index (χ1) is 7.91. The molecule has 0 aliphatic rings. The van der Waals surface area contributed by atoms with Gasteiger partial charge in [-0.1, -0.05) is 0 Å². The van der Waals surface area contributed by atoms with Crippen molar-refractivity contribution in [2.24, 2.45) is 0 Å². The first-order valence-electron chi connectivity index (χ1n) is 4.87. The second kappa shape index (κ2) is 15.1. The third-order valence-electron chi connectivity index (χ3n) is 1.24. The summed E-state index contributed by atoms with van der Waals surface area (Å²) in [7, 11) is 0. The maximum absolute atomic E-state index is 10.8. The summed E-state index contributed by atoms with van der Waals surface area (Å²) in [6.07, 6.45) is -3.76. The number of ether oxygens (including phenoxy) is 4. The van der Waals surface area contributed by atoms with Crippen LogP contribution in [0.15, 0.2) is 0 Å². The van der Waals surface area contributed by atoms with Crippen molar-refractivity contribution in [2.45, 2.75) is 26.1 Å². The summed E-state index contributed by atoms with van der Waals surface area (Å²) in [5.41, 5.74) is 0. The molecule has 2 atom stereocenters. The average molecular weight is 430 g/mol. The Labute approximate surface area is 161 Å². The van der Waals surface area contributed by atoms with E-state index in [0.29, 0.717) is 0 Å². The normalized spacial score (nSPS) is 12.0. The quantitative estimate of drug-likeness (QED) is 0.448. The molecule has 0 rings (SSSR count). The van der Waals surface area contributed by atoms with Crippen LogP contribution in [0.25, 0.3) is 0 Å².